The molecular weight excluding hydrogens is 435 g/mol. The second kappa shape index (κ2) is 12.6. The summed E-state index contributed by atoms with van der Waals surface area (Å²) in [6.45, 7) is 8.63. The molecule has 0 aromatic heterocycles. The number of ether oxygens (including phenoxy) is 2. The summed E-state index contributed by atoms with van der Waals surface area (Å²) in [7, 11) is 3.44. The molecule has 0 aromatic rings. The van der Waals surface area contributed by atoms with Crippen molar-refractivity contribution in [2.75, 3.05) is 40.4 Å². The van der Waals surface area contributed by atoms with Crippen molar-refractivity contribution in [2.24, 2.45) is 4.99 Å². The van der Waals surface area contributed by atoms with E-state index in [4.69, 9.17) is 9.47 Å². The molecule has 1 amide bonds. The predicted molar refractivity (Wildman–Crippen MR) is 112 cm³/mol. The van der Waals surface area contributed by atoms with E-state index < -0.39 is 5.60 Å². The lowest BCUT2D eigenvalue weighted by Crippen LogP contribution is -2.52. The minimum Gasteiger partial charge on any atom is -0.444 e. The third kappa shape index (κ3) is 10.1. The Hall–Kier alpha value is -0.770. The van der Waals surface area contributed by atoms with Crippen LogP contribution in [-0.2, 0) is 9.47 Å². The number of rotatable bonds is 6. The van der Waals surface area contributed by atoms with Gasteiger partial charge in [-0.1, -0.05) is 0 Å². The van der Waals surface area contributed by atoms with Gasteiger partial charge in [-0.15, -0.1) is 24.0 Å². The van der Waals surface area contributed by atoms with Crippen molar-refractivity contribution in [1.82, 2.24) is 15.5 Å². The van der Waals surface area contributed by atoms with E-state index in [1.54, 1.807) is 14.2 Å². The molecule has 7 nitrogen and oxygen atoms in total. The van der Waals surface area contributed by atoms with Crippen LogP contribution in [0.4, 0.5) is 4.79 Å². The first-order valence-electron chi connectivity index (χ1n) is 8.80. The highest BCUT2D eigenvalue weighted by Crippen LogP contribution is 2.20. The predicted octanol–water partition coefficient (Wildman–Crippen LogP) is 2.60. The van der Waals surface area contributed by atoms with Gasteiger partial charge < -0.3 is 25.0 Å². The van der Waals surface area contributed by atoms with Gasteiger partial charge in [-0.05, 0) is 46.5 Å². The first kappa shape index (κ1) is 24.2. The van der Waals surface area contributed by atoms with Crippen LogP contribution < -0.4 is 10.6 Å². The molecule has 0 bridgehead atoms. The summed E-state index contributed by atoms with van der Waals surface area (Å²) in [4.78, 5) is 18.5. The average molecular weight is 470 g/mol. The topological polar surface area (TPSA) is 75.2 Å². The Morgan fingerprint density at radius 3 is 2.60 bits per heavy atom. The van der Waals surface area contributed by atoms with Crippen molar-refractivity contribution in [3.05, 3.63) is 0 Å². The van der Waals surface area contributed by atoms with Crippen LogP contribution >= 0.6 is 24.0 Å². The molecule has 148 valence electrons. The third-order valence-electron chi connectivity index (χ3n) is 3.80. The largest absolute Gasteiger partial charge is 0.444 e. The van der Waals surface area contributed by atoms with E-state index in [-0.39, 0.29) is 36.1 Å². The van der Waals surface area contributed by atoms with Crippen LogP contribution in [0.3, 0.4) is 0 Å². The zero-order chi connectivity index (χ0) is 18.0. The number of guanidine groups is 1. The van der Waals surface area contributed by atoms with Gasteiger partial charge in [-0.25, -0.2) is 4.79 Å². The SMILES string of the molecule is CN=C(NCCCOC)NCC1CCCCN1C(=O)OC(C)(C)C.I. The Bertz CT molecular complexity index is 413. The molecule has 2 N–H and O–H groups in total. The molecule has 0 aliphatic carbocycles. The second-order valence-corrected chi connectivity index (χ2v) is 7.05. The highest BCUT2D eigenvalue weighted by molar-refractivity contribution is 14.0. The Morgan fingerprint density at radius 2 is 2.00 bits per heavy atom. The fraction of sp³-hybridized carbons (Fsp3) is 0.882. The van der Waals surface area contributed by atoms with Crippen molar-refractivity contribution >= 4 is 36.0 Å². The number of aliphatic imine (C=N–C) groups is 1. The maximum absolute atomic E-state index is 12.4. The van der Waals surface area contributed by atoms with Crippen molar-refractivity contribution in [3.63, 3.8) is 0 Å². The van der Waals surface area contributed by atoms with Gasteiger partial charge in [0, 0.05) is 40.4 Å². The normalized spacial score (nSPS) is 18.4. The Morgan fingerprint density at radius 1 is 1.28 bits per heavy atom. The summed E-state index contributed by atoms with van der Waals surface area (Å²) < 4.78 is 10.6. The third-order valence-corrected chi connectivity index (χ3v) is 3.80. The monoisotopic (exact) mass is 470 g/mol. The number of amides is 1. The molecule has 1 heterocycles. The molecule has 0 spiro atoms. The van der Waals surface area contributed by atoms with Gasteiger partial charge in [0.25, 0.3) is 0 Å². The fourth-order valence-electron chi connectivity index (χ4n) is 2.63. The molecule has 1 rings (SSSR count). The van der Waals surface area contributed by atoms with Gasteiger partial charge >= 0.3 is 6.09 Å². The summed E-state index contributed by atoms with van der Waals surface area (Å²) in [6, 6.07) is 0.131. The molecule has 1 unspecified atom stereocenters. The highest BCUT2D eigenvalue weighted by Gasteiger charge is 2.30. The molecule has 0 radical (unpaired) electrons. The van der Waals surface area contributed by atoms with Gasteiger partial charge in [0.05, 0.1) is 6.04 Å². The van der Waals surface area contributed by atoms with E-state index >= 15 is 0 Å². The van der Waals surface area contributed by atoms with Crippen molar-refractivity contribution < 1.29 is 14.3 Å². The fourth-order valence-corrected chi connectivity index (χ4v) is 2.63. The van der Waals surface area contributed by atoms with Crippen LogP contribution in [0.15, 0.2) is 4.99 Å². The van der Waals surface area contributed by atoms with Gasteiger partial charge in [-0.3, -0.25) is 4.99 Å². The number of nitrogens with zero attached hydrogens (tertiary/aromatic N) is 2. The number of nitrogens with one attached hydrogen (secondary N) is 2. The molecule has 1 fully saturated rings. The summed E-state index contributed by atoms with van der Waals surface area (Å²) >= 11 is 0. The molecule has 1 aliphatic rings. The molecular formula is C17H35IN4O3. The van der Waals surface area contributed by atoms with Crippen LogP contribution in [0.25, 0.3) is 0 Å². The molecule has 25 heavy (non-hydrogen) atoms. The number of hydrogen-bond donors (Lipinski definition) is 2. The van der Waals surface area contributed by atoms with Gasteiger partial charge in [0.15, 0.2) is 5.96 Å². The second-order valence-electron chi connectivity index (χ2n) is 7.05. The van der Waals surface area contributed by atoms with E-state index in [9.17, 15) is 4.79 Å². The highest BCUT2D eigenvalue weighted by atomic mass is 127. The van der Waals surface area contributed by atoms with Crippen molar-refractivity contribution in [2.45, 2.75) is 58.1 Å². The van der Waals surface area contributed by atoms with Crippen LogP contribution in [0.1, 0.15) is 46.5 Å². The van der Waals surface area contributed by atoms with Crippen LogP contribution in [0, 0.1) is 0 Å². The van der Waals surface area contributed by atoms with Crippen molar-refractivity contribution in [3.8, 4) is 0 Å². The minimum atomic E-state index is -0.467. The Kier molecular flexibility index (Phi) is 12.2. The Balaban J connectivity index is 0.00000576. The molecule has 0 saturated carbocycles. The molecule has 1 atom stereocenters. The number of carbonyl (C=O) groups excluding carboxylic acids is 1. The molecule has 1 aliphatic heterocycles. The van der Waals surface area contributed by atoms with Crippen LogP contribution in [-0.4, -0.2) is 69.0 Å². The van der Waals surface area contributed by atoms with E-state index in [0.29, 0.717) is 6.54 Å². The maximum atomic E-state index is 12.4. The van der Waals surface area contributed by atoms with Gasteiger partial charge in [0.1, 0.15) is 5.60 Å². The number of likely N-dealkylation sites (tertiary alicyclic amines) is 1. The lowest BCUT2D eigenvalue weighted by Gasteiger charge is -2.37. The quantitative estimate of drug-likeness (QED) is 0.270. The Labute approximate surface area is 169 Å². The minimum absolute atomic E-state index is 0. The average Bonchev–Trinajstić information content (AvgIpc) is 2.53. The van der Waals surface area contributed by atoms with E-state index in [0.717, 1.165) is 51.3 Å². The summed E-state index contributed by atoms with van der Waals surface area (Å²) in [5.41, 5.74) is -0.467. The van der Waals surface area contributed by atoms with Crippen LogP contribution in [0.5, 0.6) is 0 Å². The van der Waals surface area contributed by atoms with E-state index in [1.807, 2.05) is 25.7 Å². The number of hydrogen-bond acceptors (Lipinski definition) is 4. The number of piperidine rings is 1. The lowest BCUT2D eigenvalue weighted by molar-refractivity contribution is 0.0104. The number of carbonyl (C=O) groups is 1. The van der Waals surface area contributed by atoms with Crippen LogP contribution in [0.2, 0.25) is 0 Å². The molecule has 1 saturated heterocycles. The molecule has 8 heteroatoms. The summed E-state index contributed by atoms with van der Waals surface area (Å²) in [6.07, 6.45) is 3.83. The summed E-state index contributed by atoms with van der Waals surface area (Å²) in [5, 5.41) is 6.56. The number of halogens is 1. The first-order chi connectivity index (χ1) is 11.4. The maximum Gasteiger partial charge on any atom is 0.410 e. The van der Waals surface area contributed by atoms with Crippen molar-refractivity contribution in [1.29, 1.82) is 0 Å². The standard InChI is InChI=1S/C17H34N4O3.HI/c1-17(2,3)24-16(22)21-11-7-6-9-14(21)13-20-15(18-4)19-10-8-12-23-5;/h14H,6-13H2,1-5H3,(H2,18,19,20);1H. The van der Waals surface area contributed by atoms with E-state index in [1.165, 1.54) is 0 Å². The van der Waals surface area contributed by atoms with E-state index in [2.05, 4.69) is 15.6 Å². The zero-order valence-electron chi connectivity index (χ0n) is 16.3. The molecule has 0 aromatic carbocycles. The number of methoxy groups -OCH3 is 1. The smallest absolute Gasteiger partial charge is 0.410 e. The summed E-state index contributed by atoms with van der Waals surface area (Å²) in [5.74, 6) is 0.751. The first-order valence-corrected chi connectivity index (χ1v) is 8.80. The van der Waals surface area contributed by atoms with Gasteiger partial charge in [-0.2, -0.15) is 0 Å². The lowest BCUT2D eigenvalue weighted by atomic mass is 10.0. The van der Waals surface area contributed by atoms with Gasteiger partial charge in [0.2, 0.25) is 0 Å². The zero-order valence-corrected chi connectivity index (χ0v) is 18.6.